The molecule has 2 aliphatic heterocycles. The van der Waals surface area contributed by atoms with Crippen LogP contribution in [-0.2, 0) is 24.2 Å². The molecule has 1 amide bonds. The van der Waals surface area contributed by atoms with Gasteiger partial charge >= 0.3 is 0 Å². The van der Waals surface area contributed by atoms with Gasteiger partial charge in [-0.2, -0.15) is 5.10 Å². The van der Waals surface area contributed by atoms with Crippen LogP contribution in [0.15, 0.2) is 36.5 Å². The molecule has 1 unspecified atom stereocenters. The van der Waals surface area contributed by atoms with E-state index in [1.54, 1.807) is 0 Å². The molecule has 136 valence electrons. The van der Waals surface area contributed by atoms with E-state index in [0.29, 0.717) is 17.9 Å². The van der Waals surface area contributed by atoms with Crippen molar-refractivity contribution in [3.63, 3.8) is 0 Å². The van der Waals surface area contributed by atoms with Gasteiger partial charge in [0.2, 0.25) is 5.91 Å². The molecule has 0 radical (unpaired) electrons. The molecule has 5 nitrogen and oxygen atoms in total. The van der Waals surface area contributed by atoms with Gasteiger partial charge in [0.15, 0.2) is 0 Å². The number of rotatable bonds is 3. The summed E-state index contributed by atoms with van der Waals surface area (Å²) in [6.45, 7) is 4.02. The maximum Gasteiger partial charge on any atom is 0.226 e. The van der Waals surface area contributed by atoms with Crippen LogP contribution in [0, 0.1) is 11.8 Å². The maximum absolute atomic E-state index is 13.1. The van der Waals surface area contributed by atoms with Crippen molar-refractivity contribution in [3.8, 4) is 0 Å². The summed E-state index contributed by atoms with van der Waals surface area (Å²) in [5.74, 6) is 1.16. The van der Waals surface area contributed by atoms with E-state index in [9.17, 15) is 4.79 Å². The third-order valence-electron chi connectivity index (χ3n) is 6.57. The number of fused-ring (bicyclic) bond motifs is 2. The Balaban J connectivity index is 1.24. The summed E-state index contributed by atoms with van der Waals surface area (Å²) in [5.41, 5.74) is 3.83. The number of hydrogen-bond acceptors (Lipinski definition) is 3. The highest BCUT2D eigenvalue weighted by Gasteiger charge is 2.44. The van der Waals surface area contributed by atoms with Gasteiger partial charge < -0.3 is 4.90 Å². The van der Waals surface area contributed by atoms with Gasteiger partial charge in [-0.05, 0) is 49.3 Å². The van der Waals surface area contributed by atoms with Crippen molar-refractivity contribution in [2.45, 2.75) is 38.3 Å². The van der Waals surface area contributed by atoms with Crippen LogP contribution < -0.4 is 0 Å². The molecule has 26 heavy (non-hydrogen) atoms. The molecule has 0 bridgehead atoms. The zero-order valence-electron chi connectivity index (χ0n) is 15.1. The molecule has 1 aromatic carbocycles. The summed E-state index contributed by atoms with van der Waals surface area (Å²) >= 11 is 0. The molecule has 3 atom stereocenters. The van der Waals surface area contributed by atoms with Crippen LogP contribution in [0.5, 0.6) is 0 Å². The molecule has 2 saturated heterocycles. The number of H-pyrrole nitrogens is 1. The summed E-state index contributed by atoms with van der Waals surface area (Å²) in [6, 6.07) is 11.2. The minimum atomic E-state index is 0.140. The fraction of sp³-hybridized carbons (Fsp3) is 0.524. The normalized spacial score (nSPS) is 28.2. The number of aromatic amines is 1. The molecule has 0 saturated carbocycles. The van der Waals surface area contributed by atoms with E-state index in [2.05, 4.69) is 50.3 Å². The maximum atomic E-state index is 13.1. The standard InChI is InChI=1S/C21H26N4O/c26-21(16-6-7-19-18(10-16)11-22-23-19)25-13-17-8-9-24(20(17)14-25)12-15-4-2-1-3-5-15/h1-5,11,16-17,20H,6-10,12-14H2,(H,22,23)/t16?,17-,20+/m0/s1. The highest BCUT2D eigenvalue weighted by Crippen LogP contribution is 2.34. The van der Waals surface area contributed by atoms with Crippen LogP contribution in [0.1, 0.15) is 29.7 Å². The lowest BCUT2D eigenvalue weighted by Gasteiger charge is -2.28. The fourth-order valence-corrected chi connectivity index (χ4v) is 5.13. The van der Waals surface area contributed by atoms with Gasteiger partial charge in [0.25, 0.3) is 0 Å². The van der Waals surface area contributed by atoms with Crippen molar-refractivity contribution in [1.82, 2.24) is 20.0 Å². The monoisotopic (exact) mass is 350 g/mol. The summed E-state index contributed by atoms with van der Waals surface area (Å²) in [4.78, 5) is 17.8. The first-order valence-electron chi connectivity index (χ1n) is 9.86. The van der Waals surface area contributed by atoms with Crippen LogP contribution in [0.25, 0.3) is 0 Å². The second kappa shape index (κ2) is 6.54. The molecule has 3 heterocycles. The molecule has 1 aliphatic carbocycles. The Morgan fingerprint density at radius 1 is 1.19 bits per heavy atom. The molecular formula is C21H26N4O. The first-order chi connectivity index (χ1) is 12.8. The Hall–Kier alpha value is -2.14. The zero-order valence-corrected chi connectivity index (χ0v) is 15.1. The van der Waals surface area contributed by atoms with Crippen LogP contribution in [-0.4, -0.2) is 51.6 Å². The first kappa shape index (κ1) is 16.1. The third kappa shape index (κ3) is 2.84. The van der Waals surface area contributed by atoms with E-state index < -0.39 is 0 Å². The molecule has 5 heteroatoms. The molecular weight excluding hydrogens is 324 g/mol. The van der Waals surface area contributed by atoms with E-state index in [0.717, 1.165) is 45.4 Å². The number of amides is 1. The molecule has 1 N–H and O–H groups in total. The number of aryl methyl sites for hydroxylation is 1. The number of nitrogens with one attached hydrogen (secondary N) is 1. The molecule has 5 rings (SSSR count). The molecule has 1 aromatic heterocycles. The zero-order chi connectivity index (χ0) is 17.5. The van der Waals surface area contributed by atoms with Gasteiger partial charge in [-0.1, -0.05) is 30.3 Å². The van der Waals surface area contributed by atoms with Gasteiger partial charge in [-0.3, -0.25) is 14.8 Å². The Labute approximate surface area is 154 Å². The number of aromatic nitrogens is 2. The average molecular weight is 350 g/mol. The van der Waals surface area contributed by atoms with Gasteiger partial charge in [0.1, 0.15) is 0 Å². The lowest BCUT2D eigenvalue weighted by Crippen LogP contribution is -2.40. The summed E-state index contributed by atoms with van der Waals surface area (Å²) < 4.78 is 0. The second-order valence-corrected chi connectivity index (χ2v) is 8.13. The predicted octanol–water partition coefficient (Wildman–Crippen LogP) is 2.25. The molecule has 2 aromatic rings. The highest BCUT2D eigenvalue weighted by atomic mass is 16.2. The Morgan fingerprint density at radius 2 is 2.08 bits per heavy atom. The van der Waals surface area contributed by atoms with Crippen LogP contribution >= 0.6 is 0 Å². The Morgan fingerprint density at radius 3 is 2.96 bits per heavy atom. The number of carbonyl (C=O) groups is 1. The van der Waals surface area contributed by atoms with Gasteiger partial charge in [0.05, 0.1) is 6.20 Å². The lowest BCUT2D eigenvalue weighted by atomic mass is 9.87. The first-order valence-corrected chi connectivity index (χ1v) is 9.86. The Bertz CT molecular complexity index is 786. The van der Waals surface area contributed by atoms with Crippen LogP contribution in [0.3, 0.4) is 0 Å². The predicted molar refractivity (Wildman–Crippen MR) is 99.4 cm³/mol. The number of benzene rings is 1. The van der Waals surface area contributed by atoms with Gasteiger partial charge in [0, 0.05) is 37.3 Å². The minimum Gasteiger partial charge on any atom is -0.341 e. The quantitative estimate of drug-likeness (QED) is 0.924. The summed E-state index contributed by atoms with van der Waals surface area (Å²) in [6.07, 6.45) is 5.87. The topological polar surface area (TPSA) is 52.2 Å². The summed E-state index contributed by atoms with van der Waals surface area (Å²) in [5, 5.41) is 7.20. The van der Waals surface area contributed by atoms with Gasteiger partial charge in [-0.25, -0.2) is 0 Å². The second-order valence-electron chi connectivity index (χ2n) is 8.13. The minimum absolute atomic E-state index is 0.140. The summed E-state index contributed by atoms with van der Waals surface area (Å²) in [7, 11) is 0. The number of hydrogen-bond donors (Lipinski definition) is 1. The van der Waals surface area contributed by atoms with E-state index in [4.69, 9.17) is 0 Å². The number of likely N-dealkylation sites (tertiary alicyclic amines) is 2. The van der Waals surface area contributed by atoms with Crippen LogP contribution in [0.4, 0.5) is 0 Å². The third-order valence-corrected chi connectivity index (χ3v) is 6.57. The van der Waals surface area contributed by atoms with Gasteiger partial charge in [-0.15, -0.1) is 0 Å². The fourth-order valence-electron chi connectivity index (χ4n) is 5.13. The van der Waals surface area contributed by atoms with Crippen molar-refractivity contribution in [2.75, 3.05) is 19.6 Å². The van der Waals surface area contributed by atoms with E-state index in [1.807, 2.05) is 6.20 Å². The number of nitrogens with zero attached hydrogens (tertiary/aromatic N) is 3. The molecule has 2 fully saturated rings. The highest BCUT2D eigenvalue weighted by molar-refractivity contribution is 5.80. The van der Waals surface area contributed by atoms with E-state index >= 15 is 0 Å². The molecule has 3 aliphatic rings. The van der Waals surface area contributed by atoms with Crippen molar-refractivity contribution >= 4 is 5.91 Å². The Kier molecular flexibility index (Phi) is 4.04. The van der Waals surface area contributed by atoms with E-state index in [1.165, 1.54) is 23.2 Å². The smallest absolute Gasteiger partial charge is 0.226 e. The van der Waals surface area contributed by atoms with E-state index in [-0.39, 0.29) is 5.92 Å². The average Bonchev–Trinajstić information content (AvgIpc) is 3.38. The SMILES string of the molecule is O=C(C1CCc2[nH]ncc2C1)N1C[C@@H]2CCN(Cc3ccccc3)[C@@H]2C1. The van der Waals surface area contributed by atoms with Crippen molar-refractivity contribution < 1.29 is 4.79 Å². The van der Waals surface area contributed by atoms with Crippen LogP contribution in [0.2, 0.25) is 0 Å². The van der Waals surface area contributed by atoms with Crippen molar-refractivity contribution in [3.05, 3.63) is 53.3 Å². The van der Waals surface area contributed by atoms with Crippen molar-refractivity contribution in [1.29, 1.82) is 0 Å². The lowest BCUT2D eigenvalue weighted by molar-refractivity contribution is -0.135. The number of carbonyl (C=O) groups excluding carboxylic acids is 1. The molecule has 0 spiro atoms. The largest absolute Gasteiger partial charge is 0.341 e. The van der Waals surface area contributed by atoms with Crippen molar-refractivity contribution in [2.24, 2.45) is 11.8 Å².